The van der Waals surface area contributed by atoms with Gasteiger partial charge in [0.15, 0.2) is 0 Å². The van der Waals surface area contributed by atoms with Crippen molar-refractivity contribution in [1.82, 2.24) is 25.3 Å². The average molecular weight is 488 g/mol. The topological polar surface area (TPSA) is 102 Å². The molecule has 0 radical (unpaired) electrons. The van der Waals surface area contributed by atoms with Crippen molar-refractivity contribution in [3.8, 4) is 0 Å². The number of nitrogens with zero attached hydrogens (tertiary/aromatic N) is 3. The number of hydrogen-bond donors (Lipinski definition) is 3. The summed E-state index contributed by atoms with van der Waals surface area (Å²) in [6.07, 6.45) is 7.46. The van der Waals surface area contributed by atoms with Crippen molar-refractivity contribution in [2.24, 2.45) is 11.8 Å². The normalized spacial score (nSPS) is 25.8. The van der Waals surface area contributed by atoms with Gasteiger partial charge in [-0.2, -0.15) is 5.10 Å². The molecule has 0 bridgehead atoms. The number of aliphatic hydroxyl groups excluding tert-OH is 1. The molecule has 8 nitrogen and oxygen atoms in total. The number of carbonyl (C=O) groups is 2. The Balaban J connectivity index is 1.59. The van der Waals surface area contributed by atoms with Crippen LogP contribution in [0.15, 0.2) is 0 Å². The number of aromatic nitrogens is 2. The Hall–Kier alpha value is -1.93. The Bertz CT molecular complexity index is 879. The van der Waals surface area contributed by atoms with Crippen LogP contribution in [0, 0.1) is 25.7 Å². The van der Waals surface area contributed by atoms with Gasteiger partial charge in [0.25, 0.3) is 0 Å². The van der Waals surface area contributed by atoms with Crippen molar-refractivity contribution in [1.29, 1.82) is 0 Å². The number of piperidine rings is 1. The van der Waals surface area contributed by atoms with Crippen LogP contribution in [0.25, 0.3) is 0 Å². The summed E-state index contributed by atoms with van der Waals surface area (Å²) in [7, 11) is 0. The molecule has 2 saturated heterocycles. The number of aryl methyl sites for hydroxylation is 2. The predicted molar refractivity (Wildman–Crippen MR) is 136 cm³/mol. The third kappa shape index (κ3) is 4.76. The number of carbonyl (C=O) groups excluding carboxylic acids is 2. The van der Waals surface area contributed by atoms with Crippen LogP contribution in [0.1, 0.15) is 95.1 Å². The average Bonchev–Trinajstić information content (AvgIpc) is 3.18. The fourth-order valence-corrected chi connectivity index (χ4v) is 6.83. The summed E-state index contributed by atoms with van der Waals surface area (Å²) in [6, 6.07) is -0.562. The highest BCUT2D eigenvalue weighted by molar-refractivity contribution is 6.00. The van der Waals surface area contributed by atoms with Crippen LogP contribution < -0.4 is 5.32 Å². The first kappa shape index (κ1) is 26.1. The third-order valence-corrected chi connectivity index (χ3v) is 8.83. The molecule has 1 unspecified atom stereocenters. The lowest BCUT2D eigenvalue weighted by atomic mass is 9.76. The molecule has 2 amide bonds. The van der Waals surface area contributed by atoms with Gasteiger partial charge in [0.2, 0.25) is 11.8 Å². The molecular weight excluding hydrogens is 442 g/mol. The van der Waals surface area contributed by atoms with E-state index in [1.165, 1.54) is 37.7 Å². The number of piperazine rings is 1. The van der Waals surface area contributed by atoms with E-state index in [0.29, 0.717) is 31.3 Å². The second-order valence-electron chi connectivity index (χ2n) is 11.4. The van der Waals surface area contributed by atoms with E-state index in [1.807, 2.05) is 25.7 Å². The van der Waals surface area contributed by atoms with E-state index in [1.54, 1.807) is 0 Å². The second-order valence-corrected chi connectivity index (χ2v) is 11.4. The van der Waals surface area contributed by atoms with E-state index < -0.39 is 17.7 Å². The minimum Gasteiger partial charge on any atom is -0.390 e. The van der Waals surface area contributed by atoms with Gasteiger partial charge in [-0.15, -0.1) is 0 Å². The smallest absolute Gasteiger partial charge is 0.248 e. The van der Waals surface area contributed by atoms with Crippen molar-refractivity contribution >= 4 is 11.8 Å². The fourth-order valence-electron chi connectivity index (χ4n) is 6.83. The number of amides is 2. The summed E-state index contributed by atoms with van der Waals surface area (Å²) in [4.78, 5) is 31.5. The highest BCUT2D eigenvalue weighted by Crippen LogP contribution is 2.43. The maximum atomic E-state index is 13.6. The first-order valence-corrected chi connectivity index (χ1v) is 13.8. The summed E-state index contributed by atoms with van der Waals surface area (Å²) in [5.41, 5.74) is 2.71. The number of likely N-dealkylation sites (tertiary alicyclic amines) is 1. The Morgan fingerprint density at radius 3 is 2.31 bits per heavy atom. The number of nitrogens with one attached hydrogen (secondary N) is 2. The van der Waals surface area contributed by atoms with Crippen LogP contribution in [0.5, 0.6) is 0 Å². The highest BCUT2D eigenvalue weighted by Gasteiger charge is 2.55. The van der Waals surface area contributed by atoms with Crippen molar-refractivity contribution in [3.63, 3.8) is 0 Å². The molecule has 4 rings (SSSR count). The van der Waals surface area contributed by atoms with Gasteiger partial charge in [-0.3, -0.25) is 19.6 Å². The molecule has 3 fully saturated rings. The highest BCUT2D eigenvalue weighted by atomic mass is 16.3. The molecule has 3 aliphatic rings. The monoisotopic (exact) mass is 487 g/mol. The van der Waals surface area contributed by atoms with Gasteiger partial charge < -0.3 is 15.3 Å². The van der Waals surface area contributed by atoms with Crippen molar-refractivity contribution < 1.29 is 14.7 Å². The Morgan fingerprint density at radius 1 is 1.11 bits per heavy atom. The molecule has 3 N–H and O–H groups in total. The van der Waals surface area contributed by atoms with E-state index in [4.69, 9.17) is 0 Å². The molecule has 196 valence electrons. The summed E-state index contributed by atoms with van der Waals surface area (Å²) in [6.45, 7) is 12.1. The Labute approximate surface area is 210 Å². The van der Waals surface area contributed by atoms with Crippen LogP contribution in [0.2, 0.25) is 0 Å². The summed E-state index contributed by atoms with van der Waals surface area (Å²) in [5.74, 6) is 0.250. The zero-order valence-corrected chi connectivity index (χ0v) is 22.3. The van der Waals surface area contributed by atoms with Crippen LogP contribution in [-0.2, 0) is 9.59 Å². The predicted octanol–water partition coefficient (Wildman–Crippen LogP) is 3.24. The molecule has 8 heteroatoms. The van der Waals surface area contributed by atoms with Crippen LogP contribution in [0.3, 0.4) is 0 Å². The largest absolute Gasteiger partial charge is 0.390 e. The Kier molecular flexibility index (Phi) is 7.91. The first-order valence-electron chi connectivity index (χ1n) is 13.8. The molecule has 1 spiro atoms. The van der Waals surface area contributed by atoms with Crippen molar-refractivity contribution in [2.45, 2.75) is 110 Å². The Morgan fingerprint density at radius 2 is 1.77 bits per heavy atom. The van der Waals surface area contributed by atoms with Gasteiger partial charge in [-0.25, -0.2) is 0 Å². The number of hydrogen-bond acceptors (Lipinski definition) is 5. The summed E-state index contributed by atoms with van der Waals surface area (Å²) >= 11 is 0. The second kappa shape index (κ2) is 10.6. The maximum absolute atomic E-state index is 13.6. The van der Waals surface area contributed by atoms with E-state index in [0.717, 1.165) is 30.9 Å². The van der Waals surface area contributed by atoms with Crippen LogP contribution in [0.4, 0.5) is 0 Å². The molecule has 3 atom stereocenters. The van der Waals surface area contributed by atoms with Crippen LogP contribution in [-0.4, -0.2) is 74.2 Å². The SMILES string of the molecule is CCCN1C(=O)[C@@H]([C@H](O)C(C)C)NC(=O)C12CCN(C(c1c(C)n[nH]c1C)C1CCCCC1)CC2. The zero-order valence-electron chi connectivity index (χ0n) is 22.3. The molecule has 3 heterocycles. The van der Waals surface area contributed by atoms with E-state index >= 15 is 0 Å². The maximum Gasteiger partial charge on any atom is 0.248 e. The lowest BCUT2D eigenvalue weighted by molar-refractivity contribution is -0.166. The number of aromatic amines is 1. The lowest BCUT2D eigenvalue weighted by Gasteiger charge is -2.53. The molecule has 2 aliphatic heterocycles. The standard InChI is InChI=1S/C27H45N5O3/c1-6-14-32-25(34)22(24(33)17(2)3)28-26(35)27(32)12-15-31(16-13-27)23(20-10-8-7-9-11-20)21-18(4)29-30-19(21)5/h17,20,22-24,33H,6-16H2,1-5H3,(H,28,35)(H,29,30)/t22-,23?,24-/m1/s1. The molecule has 35 heavy (non-hydrogen) atoms. The summed E-state index contributed by atoms with van der Waals surface area (Å²) in [5, 5.41) is 21.3. The van der Waals surface area contributed by atoms with Gasteiger partial charge in [-0.05, 0) is 57.8 Å². The molecule has 1 aromatic rings. The van der Waals surface area contributed by atoms with E-state index in [2.05, 4.69) is 34.3 Å². The first-order chi connectivity index (χ1) is 16.7. The molecule has 1 saturated carbocycles. The van der Waals surface area contributed by atoms with Crippen molar-refractivity contribution in [2.75, 3.05) is 19.6 Å². The quantitative estimate of drug-likeness (QED) is 0.548. The minimum atomic E-state index is -0.883. The molecule has 1 aromatic heterocycles. The van der Waals surface area contributed by atoms with Gasteiger partial charge >= 0.3 is 0 Å². The molecular formula is C27H45N5O3. The molecule has 1 aliphatic carbocycles. The van der Waals surface area contributed by atoms with E-state index in [9.17, 15) is 14.7 Å². The number of aliphatic hydroxyl groups is 1. The zero-order chi connectivity index (χ0) is 25.3. The minimum absolute atomic E-state index is 0.0974. The van der Waals surface area contributed by atoms with Crippen LogP contribution >= 0.6 is 0 Å². The number of rotatable bonds is 7. The van der Waals surface area contributed by atoms with Gasteiger partial charge in [0.05, 0.1) is 11.8 Å². The van der Waals surface area contributed by atoms with Gasteiger partial charge in [0, 0.05) is 36.9 Å². The fraction of sp³-hybridized carbons (Fsp3) is 0.815. The number of H-pyrrole nitrogens is 1. The van der Waals surface area contributed by atoms with Gasteiger partial charge in [0.1, 0.15) is 11.6 Å². The van der Waals surface area contributed by atoms with Crippen molar-refractivity contribution in [3.05, 3.63) is 17.0 Å². The summed E-state index contributed by atoms with van der Waals surface area (Å²) < 4.78 is 0. The van der Waals surface area contributed by atoms with Gasteiger partial charge in [-0.1, -0.05) is 40.0 Å². The lowest BCUT2D eigenvalue weighted by Crippen LogP contribution is -2.75. The van der Waals surface area contributed by atoms with E-state index in [-0.39, 0.29) is 17.7 Å². The third-order valence-electron chi connectivity index (χ3n) is 8.83. The molecule has 0 aromatic carbocycles.